The lowest BCUT2D eigenvalue weighted by Gasteiger charge is -2.37. The molecule has 1 fully saturated rings. The molecule has 0 atom stereocenters. The molecule has 0 aromatic heterocycles. The summed E-state index contributed by atoms with van der Waals surface area (Å²) in [5.74, 6) is -0.512. The molecule has 2 rings (SSSR count). The van der Waals surface area contributed by atoms with E-state index in [1.54, 1.807) is 13.1 Å². The van der Waals surface area contributed by atoms with Gasteiger partial charge in [-0.05, 0) is 77.4 Å². The molecule has 1 saturated heterocycles. The van der Waals surface area contributed by atoms with Crippen LogP contribution in [0.3, 0.4) is 0 Å². The number of nitrogens with one attached hydrogen (secondary N) is 1. The molecule has 0 aliphatic carbocycles. The highest BCUT2D eigenvalue weighted by Gasteiger charge is 2.41. The molecule has 0 unspecified atom stereocenters. The largest absolute Gasteiger partial charge is 0.416 e. The molecular weight excluding hydrogens is 518 g/mol. The third kappa shape index (κ3) is 14.4. The lowest BCUT2D eigenvalue weighted by molar-refractivity contribution is -0.144. The van der Waals surface area contributed by atoms with Gasteiger partial charge in [0.1, 0.15) is 0 Å². The maximum Gasteiger partial charge on any atom is 0.416 e. The molecule has 1 aliphatic heterocycles. The Bertz CT molecular complexity index is 831. The van der Waals surface area contributed by atoms with Gasteiger partial charge in [-0.25, -0.2) is 0 Å². The summed E-state index contributed by atoms with van der Waals surface area (Å²) in [4.78, 5) is 14.4. The fourth-order valence-electron chi connectivity index (χ4n) is 3.48. The van der Waals surface area contributed by atoms with Gasteiger partial charge < -0.3 is 10.2 Å². The predicted octanol–water partition coefficient (Wildman–Crippen LogP) is 9.21. The second-order valence-electron chi connectivity index (χ2n) is 8.80. The van der Waals surface area contributed by atoms with E-state index in [-0.39, 0.29) is 17.7 Å². The van der Waals surface area contributed by atoms with Crippen molar-refractivity contribution >= 4 is 5.91 Å². The quantitative estimate of drug-likeness (QED) is 0.224. The maximum atomic E-state index is 13.1. The topological polar surface area (TPSA) is 32.3 Å². The van der Waals surface area contributed by atoms with Gasteiger partial charge in [0.05, 0.1) is 16.5 Å². The minimum absolute atomic E-state index is 0.0700. The number of amides is 1. The maximum absolute atomic E-state index is 13.1. The Morgan fingerprint density at radius 1 is 0.872 bits per heavy atom. The van der Waals surface area contributed by atoms with E-state index in [9.17, 15) is 31.1 Å². The zero-order valence-corrected chi connectivity index (χ0v) is 25.0. The first kappa shape index (κ1) is 40.9. The van der Waals surface area contributed by atoms with Gasteiger partial charge >= 0.3 is 12.4 Å². The molecule has 0 bridgehead atoms. The van der Waals surface area contributed by atoms with Crippen LogP contribution in [0.1, 0.15) is 84.9 Å². The van der Waals surface area contributed by atoms with Crippen LogP contribution in [0.2, 0.25) is 0 Å². The number of alkyl halides is 6. The summed E-state index contributed by atoms with van der Waals surface area (Å²) in [6.07, 6.45) is -4.79. The van der Waals surface area contributed by atoms with Crippen LogP contribution in [0.5, 0.6) is 0 Å². The standard InChI is InChI=1S/C18H22F6N2O.C6H10.2C2H6.C2H4/c1-16(2,15(27)26(3)14-4-6-25-7-5-14)11-8-12(17(19,20)21)10-13(9-11)18(22,23)24;1-4-5-6(2)3;3*1-2/h8-10,14,25H,4-7H2,1-3H3;4-5H,1H2,2-3H3;2*1-2H3;1-2H2. The van der Waals surface area contributed by atoms with Gasteiger partial charge in [-0.1, -0.05) is 52.0 Å². The Morgan fingerprint density at radius 3 is 1.51 bits per heavy atom. The SMILES string of the molecule is C=C.C=CC=C(C)C.CC.CC.CN(C(=O)C(C)(C)c1cc(C(F)(F)F)cc(C(F)(F)F)c1)C1CCNCC1. The van der Waals surface area contributed by atoms with Gasteiger partial charge in [0.25, 0.3) is 0 Å². The molecule has 0 spiro atoms. The van der Waals surface area contributed by atoms with Crippen molar-refractivity contribution in [1.82, 2.24) is 10.2 Å². The Hall–Kier alpha value is -2.55. The van der Waals surface area contributed by atoms with E-state index >= 15 is 0 Å². The fraction of sp³-hybridized carbons (Fsp3) is 0.567. The fourth-order valence-corrected chi connectivity index (χ4v) is 3.48. The van der Waals surface area contributed by atoms with Crippen molar-refractivity contribution in [3.63, 3.8) is 0 Å². The zero-order valence-electron chi connectivity index (χ0n) is 25.0. The lowest BCUT2D eigenvalue weighted by Crippen LogP contribution is -2.49. The molecule has 39 heavy (non-hydrogen) atoms. The molecular formula is C30H48F6N2O. The van der Waals surface area contributed by atoms with Crippen LogP contribution in [-0.4, -0.2) is 37.0 Å². The first-order chi connectivity index (χ1) is 18.0. The number of carbonyl (C=O) groups excluding carboxylic acids is 1. The number of piperidine rings is 1. The number of halogens is 6. The van der Waals surface area contributed by atoms with Crippen molar-refractivity contribution in [3.8, 4) is 0 Å². The van der Waals surface area contributed by atoms with Crippen LogP contribution >= 0.6 is 0 Å². The Balaban J connectivity index is -0.000000924. The summed E-state index contributed by atoms with van der Waals surface area (Å²) in [5, 5.41) is 3.14. The van der Waals surface area contributed by atoms with Crippen molar-refractivity contribution in [2.75, 3.05) is 20.1 Å². The number of carbonyl (C=O) groups is 1. The van der Waals surface area contributed by atoms with Crippen molar-refractivity contribution < 1.29 is 31.1 Å². The van der Waals surface area contributed by atoms with Crippen LogP contribution in [0.25, 0.3) is 0 Å². The van der Waals surface area contributed by atoms with Gasteiger partial charge in [-0.15, -0.1) is 13.2 Å². The molecule has 0 radical (unpaired) electrons. The van der Waals surface area contributed by atoms with E-state index in [1.165, 1.54) is 24.3 Å². The smallest absolute Gasteiger partial charge is 0.342 e. The molecule has 226 valence electrons. The molecule has 1 aliphatic rings. The first-order valence-electron chi connectivity index (χ1n) is 13.1. The minimum atomic E-state index is -4.95. The lowest BCUT2D eigenvalue weighted by atomic mass is 9.81. The number of likely N-dealkylation sites (N-methyl/N-ethyl adjacent to an activating group) is 1. The number of nitrogens with zero attached hydrogens (tertiary/aromatic N) is 1. The van der Waals surface area contributed by atoms with Crippen LogP contribution in [0.4, 0.5) is 26.3 Å². The summed E-state index contributed by atoms with van der Waals surface area (Å²) >= 11 is 0. The van der Waals surface area contributed by atoms with E-state index in [4.69, 9.17) is 0 Å². The van der Waals surface area contributed by atoms with Crippen molar-refractivity contribution in [1.29, 1.82) is 0 Å². The van der Waals surface area contributed by atoms with Gasteiger partial charge in [0.15, 0.2) is 0 Å². The third-order valence-corrected chi connectivity index (χ3v) is 5.47. The van der Waals surface area contributed by atoms with E-state index in [0.717, 1.165) is 0 Å². The van der Waals surface area contributed by atoms with Crippen molar-refractivity contribution in [3.05, 3.63) is 72.4 Å². The third-order valence-electron chi connectivity index (χ3n) is 5.47. The molecule has 1 amide bonds. The molecule has 9 heteroatoms. The van der Waals surface area contributed by atoms with Gasteiger partial charge in [0.2, 0.25) is 5.91 Å². The number of benzene rings is 1. The summed E-state index contributed by atoms with van der Waals surface area (Å²) < 4.78 is 78.6. The van der Waals surface area contributed by atoms with E-state index in [1.807, 2.05) is 47.6 Å². The molecule has 3 nitrogen and oxygen atoms in total. The van der Waals surface area contributed by atoms with Gasteiger partial charge in [0, 0.05) is 13.1 Å². The number of hydrogen-bond acceptors (Lipinski definition) is 2. The first-order valence-corrected chi connectivity index (χ1v) is 13.1. The number of allylic oxidation sites excluding steroid dienone is 3. The normalized spacial score (nSPS) is 13.3. The summed E-state index contributed by atoms with van der Waals surface area (Å²) in [6.45, 7) is 25.7. The molecule has 1 heterocycles. The second-order valence-corrected chi connectivity index (χ2v) is 8.80. The van der Waals surface area contributed by atoms with Crippen LogP contribution < -0.4 is 5.32 Å². The average molecular weight is 567 g/mol. The van der Waals surface area contributed by atoms with Crippen molar-refractivity contribution in [2.24, 2.45) is 0 Å². The average Bonchev–Trinajstić information content (AvgIpc) is 2.90. The van der Waals surface area contributed by atoms with Gasteiger partial charge in [-0.3, -0.25) is 4.79 Å². The Labute approximate surface area is 232 Å². The number of rotatable bonds is 4. The Kier molecular flexibility index (Phi) is 20.5. The highest BCUT2D eigenvalue weighted by Crippen LogP contribution is 2.39. The summed E-state index contributed by atoms with van der Waals surface area (Å²) in [7, 11) is 1.54. The second kappa shape index (κ2) is 19.5. The Morgan fingerprint density at radius 2 is 1.23 bits per heavy atom. The van der Waals surface area contributed by atoms with Gasteiger partial charge in [-0.2, -0.15) is 26.3 Å². The van der Waals surface area contributed by atoms with E-state index < -0.39 is 34.8 Å². The van der Waals surface area contributed by atoms with Crippen LogP contribution in [0.15, 0.2) is 55.7 Å². The highest BCUT2D eigenvalue weighted by molar-refractivity contribution is 5.87. The monoisotopic (exact) mass is 566 g/mol. The number of hydrogen-bond donors (Lipinski definition) is 1. The van der Waals surface area contributed by atoms with Crippen molar-refractivity contribution in [2.45, 2.75) is 92.0 Å². The molecule has 1 aromatic rings. The van der Waals surface area contributed by atoms with E-state index in [2.05, 4.69) is 25.1 Å². The van der Waals surface area contributed by atoms with E-state index in [0.29, 0.717) is 38.1 Å². The zero-order chi connectivity index (χ0) is 31.6. The summed E-state index contributed by atoms with van der Waals surface area (Å²) in [5.41, 5.74) is -3.39. The van der Waals surface area contributed by atoms with Crippen LogP contribution in [-0.2, 0) is 22.6 Å². The minimum Gasteiger partial charge on any atom is -0.342 e. The summed E-state index contributed by atoms with van der Waals surface area (Å²) in [6, 6.07) is 1.22. The molecule has 1 N–H and O–H groups in total. The highest BCUT2D eigenvalue weighted by atomic mass is 19.4. The van der Waals surface area contributed by atoms with Crippen LogP contribution in [0, 0.1) is 0 Å². The molecule has 1 aromatic carbocycles. The predicted molar refractivity (Wildman–Crippen MR) is 152 cm³/mol. The molecule has 0 saturated carbocycles.